The van der Waals surface area contributed by atoms with Gasteiger partial charge >= 0.3 is 0 Å². The van der Waals surface area contributed by atoms with Crippen LogP contribution in [0.25, 0.3) is 6.08 Å². The zero-order chi connectivity index (χ0) is 21.2. The van der Waals surface area contributed by atoms with Gasteiger partial charge in [0.1, 0.15) is 24.7 Å². The number of rotatable bonds is 11. The summed E-state index contributed by atoms with van der Waals surface area (Å²) >= 11 is 0. The van der Waals surface area contributed by atoms with Crippen molar-refractivity contribution in [3.05, 3.63) is 59.8 Å². The van der Waals surface area contributed by atoms with E-state index >= 15 is 0 Å². The topological polar surface area (TPSA) is 60.0 Å². The van der Waals surface area contributed by atoms with Gasteiger partial charge in [0.2, 0.25) is 0 Å². The van der Waals surface area contributed by atoms with Crippen molar-refractivity contribution in [2.75, 3.05) is 45.8 Å². The Morgan fingerprint density at radius 3 is 2.60 bits per heavy atom. The molecule has 0 aliphatic carbocycles. The van der Waals surface area contributed by atoms with Crippen molar-refractivity contribution < 1.29 is 19.0 Å². The highest BCUT2D eigenvalue weighted by Crippen LogP contribution is 2.21. The molecule has 1 aliphatic heterocycles. The number of hydrogen-bond acceptors (Lipinski definition) is 6. The highest BCUT2D eigenvalue weighted by atomic mass is 16.5. The van der Waals surface area contributed by atoms with Gasteiger partial charge in [-0.25, -0.2) is 0 Å². The Kier molecular flexibility index (Phi) is 8.30. The molecule has 0 bridgehead atoms. The maximum absolute atomic E-state index is 11.4. The number of anilines is 1. The number of aldehydes is 1. The van der Waals surface area contributed by atoms with Gasteiger partial charge in [0.25, 0.3) is 0 Å². The van der Waals surface area contributed by atoms with Gasteiger partial charge in [-0.1, -0.05) is 0 Å². The first kappa shape index (κ1) is 21.9. The molecule has 1 fully saturated rings. The second-order valence-corrected chi connectivity index (χ2v) is 7.51. The van der Waals surface area contributed by atoms with Gasteiger partial charge in [0.15, 0.2) is 6.29 Å². The Hall–Kier alpha value is -2.83. The van der Waals surface area contributed by atoms with Crippen molar-refractivity contribution in [1.82, 2.24) is 4.90 Å². The molecule has 0 aromatic heterocycles. The highest BCUT2D eigenvalue weighted by Gasteiger charge is 2.16. The predicted octanol–water partition coefficient (Wildman–Crippen LogP) is 4.08. The monoisotopic (exact) mass is 410 g/mol. The Labute approximate surface area is 178 Å². The van der Waals surface area contributed by atoms with E-state index in [1.165, 1.54) is 0 Å². The van der Waals surface area contributed by atoms with E-state index in [1.54, 1.807) is 6.07 Å². The minimum absolute atomic E-state index is 0.159. The quantitative estimate of drug-likeness (QED) is 0.564. The number of carbonyl (C=O) groups is 1. The first-order chi connectivity index (χ1) is 14.6. The fourth-order valence-electron chi connectivity index (χ4n) is 3.08. The van der Waals surface area contributed by atoms with E-state index in [9.17, 15) is 4.79 Å². The third kappa shape index (κ3) is 6.90. The molecule has 1 N–H and O–H groups in total. The van der Waals surface area contributed by atoms with Crippen molar-refractivity contribution in [3.63, 3.8) is 0 Å². The minimum Gasteiger partial charge on any atom is -0.492 e. The summed E-state index contributed by atoms with van der Waals surface area (Å²) in [6, 6.07) is 13.2. The molecule has 1 unspecified atom stereocenters. The largest absolute Gasteiger partial charge is 0.492 e. The number of ether oxygens (including phenoxy) is 3. The third-order valence-corrected chi connectivity index (χ3v) is 4.82. The molecule has 0 amide bonds. The zero-order valence-corrected chi connectivity index (χ0v) is 17.7. The van der Waals surface area contributed by atoms with Crippen LogP contribution in [-0.2, 0) is 4.74 Å². The van der Waals surface area contributed by atoms with Crippen molar-refractivity contribution in [2.24, 2.45) is 0 Å². The van der Waals surface area contributed by atoms with E-state index in [2.05, 4.69) is 10.2 Å². The second-order valence-electron chi connectivity index (χ2n) is 7.51. The molecular weight excluding hydrogens is 380 g/mol. The van der Waals surface area contributed by atoms with Gasteiger partial charge in [0.05, 0.1) is 6.10 Å². The van der Waals surface area contributed by atoms with Gasteiger partial charge in [-0.05, 0) is 81.0 Å². The van der Waals surface area contributed by atoms with E-state index in [1.807, 2.05) is 62.8 Å². The number of likely N-dealkylation sites (N-methyl/N-ethyl adjacent to an activating group) is 1. The average Bonchev–Trinajstić information content (AvgIpc) is 3.27. The van der Waals surface area contributed by atoms with Crippen LogP contribution in [0.5, 0.6) is 11.5 Å². The summed E-state index contributed by atoms with van der Waals surface area (Å²) in [7, 11) is 4.04. The summed E-state index contributed by atoms with van der Waals surface area (Å²) < 4.78 is 17.1. The third-order valence-electron chi connectivity index (χ3n) is 4.82. The summed E-state index contributed by atoms with van der Waals surface area (Å²) in [5.41, 5.74) is 2.35. The van der Waals surface area contributed by atoms with Crippen LogP contribution in [0.2, 0.25) is 0 Å². The summed E-state index contributed by atoms with van der Waals surface area (Å²) in [5.74, 6) is 1.57. The lowest BCUT2D eigenvalue weighted by Crippen LogP contribution is -2.19. The molecule has 160 valence electrons. The van der Waals surface area contributed by atoms with Crippen molar-refractivity contribution in [3.8, 4) is 11.5 Å². The molecule has 6 heteroatoms. The Bertz CT molecular complexity index is 828. The molecule has 1 saturated heterocycles. The minimum atomic E-state index is 0.159. The standard InChI is InChI=1S/C24H30N2O4/c1-26(2)13-15-29-22-9-6-21(7-10-22)25-12-11-19-16-23(8-5-20(19)17-27)30-18-24-4-3-14-28-24/h5-12,16-17,24-25H,3-4,13-15,18H2,1-2H3/b12-11-. The number of nitrogens with zero attached hydrogens (tertiary/aromatic N) is 1. The molecule has 1 aliphatic rings. The molecule has 1 heterocycles. The van der Waals surface area contributed by atoms with Crippen LogP contribution >= 0.6 is 0 Å². The lowest BCUT2D eigenvalue weighted by molar-refractivity contribution is 0.0679. The van der Waals surface area contributed by atoms with Gasteiger partial charge in [-0.15, -0.1) is 0 Å². The van der Waals surface area contributed by atoms with Gasteiger partial charge in [0, 0.05) is 30.6 Å². The smallest absolute Gasteiger partial charge is 0.150 e. The summed E-state index contributed by atoms with van der Waals surface area (Å²) in [5, 5.41) is 3.22. The number of benzene rings is 2. The van der Waals surface area contributed by atoms with Crippen LogP contribution < -0.4 is 14.8 Å². The number of nitrogens with one attached hydrogen (secondary N) is 1. The van der Waals surface area contributed by atoms with Crippen molar-refractivity contribution in [2.45, 2.75) is 18.9 Å². The summed E-state index contributed by atoms with van der Waals surface area (Å²) in [4.78, 5) is 13.5. The van der Waals surface area contributed by atoms with Crippen LogP contribution in [0.15, 0.2) is 48.7 Å². The first-order valence-corrected chi connectivity index (χ1v) is 10.3. The van der Waals surface area contributed by atoms with E-state index in [4.69, 9.17) is 14.2 Å². The van der Waals surface area contributed by atoms with Gasteiger partial charge in [-0.2, -0.15) is 0 Å². The molecule has 1 atom stereocenters. The number of hydrogen-bond donors (Lipinski definition) is 1. The average molecular weight is 411 g/mol. The molecule has 30 heavy (non-hydrogen) atoms. The predicted molar refractivity (Wildman–Crippen MR) is 119 cm³/mol. The first-order valence-electron chi connectivity index (χ1n) is 10.3. The van der Waals surface area contributed by atoms with Gasteiger partial charge < -0.3 is 24.4 Å². The lowest BCUT2D eigenvalue weighted by atomic mass is 10.1. The van der Waals surface area contributed by atoms with Crippen LogP contribution in [0.4, 0.5) is 5.69 Å². The molecule has 3 rings (SSSR count). The van der Waals surface area contributed by atoms with Crippen LogP contribution in [0.1, 0.15) is 28.8 Å². The van der Waals surface area contributed by atoms with E-state index in [0.29, 0.717) is 18.8 Å². The molecule has 6 nitrogen and oxygen atoms in total. The maximum atomic E-state index is 11.4. The second kappa shape index (κ2) is 11.4. The SMILES string of the molecule is CN(C)CCOc1ccc(N/C=C\c2cc(OCC3CCCO3)ccc2C=O)cc1. The lowest BCUT2D eigenvalue weighted by Gasteiger charge is -2.12. The van der Waals surface area contributed by atoms with E-state index in [0.717, 1.165) is 55.0 Å². The molecule has 0 spiro atoms. The highest BCUT2D eigenvalue weighted by molar-refractivity contribution is 5.82. The fourth-order valence-corrected chi connectivity index (χ4v) is 3.08. The normalized spacial score (nSPS) is 16.2. The Morgan fingerprint density at radius 1 is 1.10 bits per heavy atom. The molecule has 2 aromatic carbocycles. The maximum Gasteiger partial charge on any atom is 0.150 e. The van der Waals surface area contributed by atoms with Crippen LogP contribution in [0.3, 0.4) is 0 Å². The van der Waals surface area contributed by atoms with E-state index in [-0.39, 0.29) is 6.10 Å². The Balaban J connectivity index is 1.55. The molecule has 0 radical (unpaired) electrons. The fraction of sp³-hybridized carbons (Fsp3) is 0.375. The van der Waals surface area contributed by atoms with E-state index < -0.39 is 0 Å². The zero-order valence-electron chi connectivity index (χ0n) is 17.7. The van der Waals surface area contributed by atoms with Crippen molar-refractivity contribution >= 4 is 18.0 Å². The number of carbonyl (C=O) groups excluding carboxylic acids is 1. The van der Waals surface area contributed by atoms with Gasteiger partial charge in [-0.3, -0.25) is 4.79 Å². The summed E-state index contributed by atoms with van der Waals surface area (Å²) in [6.45, 7) is 2.86. The summed E-state index contributed by atoms with van der Waals surface area (Å²) in [6.07, 6.45) is 6.80. The molecule has 0 saturated carbocycles. The molecule has 2 aromatic rings. The van der Waals surface area contributed by atoms with Crippen LogP contribution in [0, 0.1) is 0 Å². The molecular formula is C24H30N2O4. The Morgan fingerprint density at radius 2 is 1.90 bits per heavy atom. The van der Waals surface area contributed by atoms with Crippen molar-refractivity contribution in [1.29, 1.82) is 0 Å². The van der Waals surface area contributed by atoms with Crippen LogP contribution in [-0.4, -0.2) is 57.8 Å².